The molecule has 7 heteroatoms. The summed E-state index contributed by atoms with van der Waals surface area (Å²) in [5, 5.41) is 0. The normalized spacial score (nSPS) is 25.6. The van der Waals surface area contributed by atoms with Crippen molar-refractivity contribution in [1.82, 2.24) is 29.4 Å². The molecule has 5 fully saturated rings. The first-order valence-corrected chi connectivity index (χ1v) is 13.6. The van der Waals surface area contributed by atoms with Crippen LogP contribution in [-0.4, -0.2) is 163 Å². The van der Waals surface area contributed by atoms with Gasteiger partial charge in [0, 0.05) is 39.3 Å². The number of piperazine rings is 1. The van der Waals surface area contributed by atoms with Crippen LogP contribution >= 0.6 is 0 Å². The number of likely N-dealkylation sites (N-methyl/N-ethyl adjacent to an activating group) is 3. The van der Waals surface area contributed by atoms with Gasteiger partial charge in [-0.15, -0.1) is 0 Å². The lowest BCUT2D eigenvalue weighted by atomic mass is 10.1. The van der Waals surface area contributed by atoms with Crippen LogP contribution in [-0.2, 0) is 4.74 Å². The number of hydrogen-bond acceptors (Lipinski definition) is 7. The van der Waals surface area contributed by atoms with Crippen molar-refractivity contribution in [2.45, 2.75) is 38.5 Å². The third-order valence-electron chi connectivity index (χ3n) is 6.95. The summed E-state index contributed by atoms with van der Waals surface area (Å²) in [6.07, 6.45) is 8.51. The minimum Gasteiger partial charge on any atom is -0.379 e. The fraction of sp³-hybridized carbons (Fsp3) is 1.00. The first kappa shape index (κ1) is 30.8. The van der Waals surface area contributed by atoms with Gasteiger partial charge in [0.1, 0.15) is 0 Å². The molecule has 0 aliphatic carbocycles. The van der Waals surface area contributed by atoms with E-state index in [0.29, 0.717) is 0 Å². The molecular formula is C26H58N6O. The molecule has 0 amide bonds. The Morgan fingerprint density at radius 1 is 0.303 bits per heavy atom. The number of hydrogen-bond donors (Lipinski definition) is 0. The largest absolute Gasteiger partial charge is 0.379 e. The number of morpholine rings is 1. The van der Waals surface area contributed by atoms with Crippen molar-refractivity contribution in [2.24, 2.45) is 0 Å². The van der Waals surface area contributed by atoms with E-state index in [2.05, 4.69) is 71.7 Å². The van der Waals surface area contributed by atoms with Crippen molar-refractivity contribution in [1.29, 1.82) is 0 Å². The van der Waals surface area contributed by atoms with Crippen LogP contribution in [0.5, 0.6) is 0 Å². The zero-order valence-electron chi connectivity index (χ0n) is 23.2. The molecule has 198 valence electrons. The van der Waals surface area contributed by atoms with E-state index >= 15 is 0 Å². The van der Waals surface area contributed by atoms with Crippen LogP contribution in [0.1, 0.15) is 38.5 Å². The molecule has 5 aliphatic heterocycles. The molecule has 0 unspecified atom stereocenters. The van der Waals surface area contributed by atoms with E-state index in [1.807, 2.05) is 0 Å². The highest BCUT2D eigenvalue weighted by Crippen LogP contribution is 2.04. The highest BCUT2D eigenvalue weighted by atomic mass is 16.5. The molecule has 0 saturated carbocycles. The van der Waals surface area contributed by atoms with Gasteiger partial charge in [-0.05, 0) is 114 Å². The Kier molecular flexibility index (Phi) is 18.6. The molecule has 5 rings (SSSR count). The summed E-state index contributed by atoms with van der Waals surface area (Å²) < 4.78 is 5.10. The molecule has 5 heterocycles. The van der Waals surface area contributed by atoms with Crippen LogP contribution in [0, 0.1) is 0 Å². The van der Waals surface area contributed by atoms with Crippen LogP contribution in [0.15, 0.2) is 0 Å². The van der Waals surface area contributed by atoms with Crippen LogP contribution in [0.4, 0.5) is 0 Å². The first-order valence-electron chi connectivity index (χ1n) is 13.6. The standard InChI is InChI=1S/C6H14N2.C6H13N.C5H11NO.C5H11N.C4H9N/c1-7-3-5-8(2)6-4-7;1-7-5-3-2-4-6-7;1-6-2-4-7-5-3-6;1-6-4-2-3-5-6;1-5-3-2-4-5/h3-6H2,1-2H3;2-6H2,1H3;2-5H2,1H3;2-5H2,1H3;2-4H2,1H3. The molecule has 0 aromatic heterocycles. The van der Waals surface area contributed by atoms with Gasteiger partial charge in [0.15, 0.2) is 0 Å². The van der Waals surface area contributed by atoms with Gasteiger partial charge in [-0.2, -0.15) is 0 Å². The van der Waals surface area contributed by atoms with Gasteiger partial charge in [0.2, 0.25) is 0 Å². The van der Waals surface area contributed by atoms with Crippen LogP contribution < -0.4 is 0 Å². The number of ether oxygens (including phenoxy) is 1. The van der Waals surface area contributed by atoms with E-state index in [0.717, 1.165) is 26.3 Å². The molecule has 0 spiro atoms. The zero-order chi connectivity index (χ0) is 24.3. The molecule has 33 heavy (non-hydrogen) atoms. The van der Waals surface area contributed by atoms with E-state index in [-0.39, 0.29) is 0 Å². The second kappa shape index (κ2) is 20.0. The maximum atomic E-state index is 5.10. The molecule has 5 aliphatic rings. The fourth-order valence-corrected chi connectivity index (χ4v) is 3.96. The Bertz CT molecular complexity index is 385. The average molecular weight is 471 g/mol. The lowest BCUT2D eigenvalue weighted by Crippen LogP contribution is -2.42. The van der Waals surface area contributed by atoms with Gasteiger partial charge >= 0.3 is 0 Å². The summed E-state index contributed by atoms with van der Waals surface area (Å²) in [6, 6.07) is 0. The van der Waals surface area contributed by atoms with E-state index in [9.17, 15) is 0 Å². The first-order chi connectivity index (χ1) is 15.9. The Labute approximate surface area is 207 Å². The topological polar surface area (TPSA) is 28.7 Å². The second-order valence-electron chi connectivity index (χ2n) is 10.6. The molecule has 0 radical (unpaired) electrons. The van der Waals surface area contributed by atoms with Crippen molar-refractivity contribution in [3.05, 3.63) is 0 Å². The highest BCUT2D eigenvalue weighted by Gasteiger charge is 2.08. The van der Waals surface area contributed by atoms with Crippen molar-refractivity contribution in [2.75, 3.05) is 134 Å². The minimum absolute atomic E-state index is 0.913. The summed E-state index contributed by atoms with van der Waals surface area (Å²) in [5.74, 6) is 0. The quantitative estimate of drug-likeness (QED) is 0.534. The van der Waals surface area contributed by atoms with Crippen molar-refractivity contribution in [3.63, 3.8) is 0 Å². The maximum Gasteiger partial charge on any atom is 0.0594 e. The third kappa shape index (κ3) is 18.7. The summed E-state index contributed by atoms with van der Waals surface area (Å²) in [7, 11) is 13.0. The monoisotopic (exact) mass is 470 g/mol. The highest BCUT2D eigenvalue weighted by molar-refractivity contribution is 4.64. The SMILES string of the molecule is CN1CCC1.CN1CCCC1.CN1CCCCC1.CN1CCN(C)CC1.CN1CCOCC1. The van der Waals surface area contributed by atoms with Crippen molar-refractivity contribution >= 4 is 0 Å². The van der Waals surface area contributed by atoms with Crippen LogP contribution in [0.3, 0.4) is 0 Å². The van der Waals surface area contributed by atoms with Gasteiger partial charge < -0.3 is 34.1 Å². The molecule has 0 aromatic carbocycles. The fourth-order valence-electron chi connectivity index (χ4n) is 3.96. The van der Waals surface area contributed by atoms with Crippen molar-refractivity contribution < 1.29 is 4.74 Å². The Morgan fingerprint density at radius 3 is 0.758 bits per heavy atom. The smallest absolute Gasteiger partial charge is 0.0594 e. The lowest BCUT2D eigenvalue weighted by Gasteiger charge is -2.28. The molecule has 7 nitrogen and oxygen atoms in total. The van der Waals surface area contributed by atoms with Gasteiger partial charge in [0.25, 0.3) is 0 Å². The molecule has 0 aromatic rings. The molecule has 0 atom stereocenters. The summed E-state index contributed by atoms with van der Waals surface area (Å²) >= 11 is 0. The average Bonchev–Trinajstić information content (AvgIpc) is 3.28. The van der Waals surface area contributed by atoms with Gasteiger partial charge in [-0.25, -0.2) is 0 Å². The van der Waals surface area contributed by atoms with Gasteiger partial charge in [0.05, 0.1) is 13.2 Å². The van der Waals surface area contributed by atoms with E-state index in [1.165, 1.54) is 104 Å². The lowest BCUT2D eigenvalue weighted by molar-refractivity contribution is 0.0503. The zero-order valence-corrected chi connectivity index (χ0v) is 23.2. The second-order valence-corrected chi connectivity index (χ2v) is 10.6. The molecular weight excluding hydrogens is 412 g/mol. The number of rotatable bonds is 0. The number of nitrogens with zero attached hydrogens (tertiary/aromatic N) is 6. The third-order valence-corrected chi connectivity index (χ3v) is 6.95. The summed E-state index contributed by atoms with van der Waals surface area (Å²) in [4.78, 5) is 14.0. The predicted molar refractivity (Wildman–Crippen MR) is 144 cm³/mol. The molecule has 5 saturated heterocycles. The summed E-state index contributed by atoms with van der Waals surface area (Å²) in [5.41, 5.74) is 0. The Hall–Kier alpha value is -0.280. The minimum atomic E-state index is 0.913. The van der Waals surface area contributed by atoms with E-state index in [4.69, 9.17) is 4.74 Å². The van der Waals surface area contributed by atoms with Crippen LogP contribution in [0.2, 0.25) is 0 Å². The van der Waals surface area contributed by atoms with E-state index in [1.54, 1.807) is 0 Å². The molecule has 0 bridgehead atoms. The van der Waals surface area contributed by atoms with Crippen LogP contribution in [0.25, 0.3) is 0 Å². The van der Waals surface area contributed by atoms with Crippen molar-refractivity contribution in [3.8, 4) is 0 Å². The van der Waals surface area contributed by atoms with Gasteiger partial charge in [-0.3, -0.25) is 0 Å². The summed E-state index contributed by atoms with van der Waals surface area (Å²) in [6.45, 7) is 16.9. The maximum absolute atomic E-state index is 5.10. The molecule has 0 N–H and O–H groups in total. The van der Waals surface area contributed by atoms with E-state index < -0.39 is 0 Å². The Balaban J connectivity index is 0.000000208. The number of piperidine rings is 1. The predicted octanol–water partition coefficient (Wildman–Crippen LogP) is 1.95. The van der Waals surface area contributed by atoms with Gasteiger partial charge in [-0.1, -0.05) is 6.42 Å². The number of likely N-dealkylation sites (tertiary alicyclic amines) is 3. The Morgan fingerprint density at radius 2 is 0.576 bits per heavy atom.